The summed E-state index contributed by atoms with van der Waals surface area (Å²) in [6.07, 6.45) is 2.48. The Bertz CT molecular complexity index is 480. The fraction of sp³-hybridized carbons (Fsp3) is 0.375. The van der Waals surface area contributed by atoms with Crippen molar-refractivity contribution in [2.45, 2.75) is 33.6 Å². The van der Waals surface area contributed by atoms with Crippen molar-refractivity contribution in [3.8, 4) is 0 Å². The molecule has 2 rings (SSSR count). The highest BCUT2D eigenvalue weighted by atomic mass is 14.1. The van der Waals surface area contributed by atoms with Crippen LogP contribution in [0.15, 0.2) is 36.4 Å². The van der Waals surface area contributed by atoms with Crippen molar-refractivity contribution in [2.24, 2.45) is 5.92 Å². The highest BCUT2D eigenvalue weighted by Crippen LogP contribution is 2.21. The number of benzene rings is 2. The van der Waals surface area contributed by atoms with Crippen LogP contribution in [0.4, 0.5) is 0 Å². The third-order valence-electron chi connectivity index (χ3n) is 3.20. The van der Waals surface area contributed by atoms with Gasteiger partial charge in [0.1, 0.15) is 0 Å². The van der Waals surface area contributed by atoms with Crippen LogP contribution in [-0.4, -0.2) is 0 Å². The van der Waals surface area contributed by atoms with E-state index in [1.54, 1.807) is 0 Å². The first-order chi connectivity index (χ1) is 7.66. The Morgan fingerprint density at radius 1 is 1.00 bits per heavy atom. The Morgan fingerprint density at radius 3 is 2.25 bits per heavy atom. The van der Waals surface area contributed by atoms with Gasteiger partial charge in [0.05, 0.1) is 0 Å². The summed E-state index contributed by atoms with van der Waals surface area (Å²) in [6.45, 7) is 6.80. The van der Waals surface area contributed by atoms with Crippen molar-refractivity contribution < 1.29 is 0 Å². The van der Waals surface area contributed by atoms with Gasteiger partial charge in [0, 0.05) is 0 Å². The molecule has 0 aliphatic carbocycles. The van der Waals surface area contributed by atoms with Crippen molar-refractivity contribution in [3.05, 3.63) is 47.5 Å². The molecule has 0 radical (unpaired) electrons. The van der Waals surface area contributed by atoms with E-state index in [4.69, 9.17) is 0 Å². The summed E-state index contributed by atoms with van der Waals surface area (Å²) in [4.78, 5) is 0. The van der Waals surface area contributed by atoms with Crippen LogP contribution in [-0.2, 0) is 6.42 Å². The van der Waals surface area contributed by atoms with Crippen molar-refractivity contribution in [2.75, 3.05) is 0 Å². The molecule has 84 valence electrons. The maximum absolute atomic E-state index is 2.35. The average Bonchev–Trinajstić information content (AvgIpc) is 2.26. The minimum atomic E-state index is 0.783. The van der Waals surface area contributed by atoms with Crippen molar-refractivity contribution in [1.29, 1.82) is 0 Å². The van der Waals surface area contributed by atoms with Gasteiger partial charge in [0.15, 0.2) is 0 Å². The van der Waals surface area contributed by atoms with Gasteiger partial charge in [0.2, 0.25) is 0 Å². The summed E-state index contributed by atoms with van der Waals surface area (Å²) in [7, 11) is 0. The molecule has 16 heavy (non-hydrogen) atoms. The monoisotopic (exact) mass is 212 g/mol. The zero-order valence-electron chi connectivity index (χ0n) is 10.5. The second-order valence-corrected chi connectivity index (χ2v) is 5.06. The molecule has 0 fully saturated rings. The second-order valence-electron chi connectivity index (χ2n) is 5.06. The van der Waals surface area contributed by atoms with Gasteiger partial charge in [0.25, 0.3) is 0 Å². The predicted molar refractivity (Wildman–Crippen MR) is 71.8 cm³/mol. The second kappa shape index (κ2) is 4.69. The zero-order chi connectivity index (χ0) is 11.5. The fourth-order valence-electron chi connectivity index (χ4n) is 2.11. The molecular weight excluding hydrogens is 192 g/mol. The minimum Gasteiger partial charge on any atom is -0.0628 e. The molecule has 2 aromatic carbocycles. The van der Waals surface area contributed by atoms with Crippen LogP contribution in [0.5, 0.6) is 0 Å². The van der Waals surface area contributed by atoms with Crippen LogP contribution in [0.1, 0.15) is 31.4 Å². The molecule has 0 nitrogen and oxygen atoms in total. The lowest BCUT2D eigenvalue weighted by atomic mass is 9.96. The quantitative estimate of drug-likeness (QED) is 0.689. The van der Waals surface area contributed by atoms with Crippen molar-refractivity contribution in [3.63, 3.8) is 0 Å². The van der Waals surface area contributed by atoms with Gasteiger partial charge in [-0.2, -0.15) is 0 Å². The van der Waals surface area contributed by atoms with E-state index < -0.39 is 0 Å². The van der Waals surface area contributed by atoms with E-state index in [0.717, 1.165) is 5.92 Å². The number of hydrogen-bond acceptors (Lipinski definition) is 0. The SMILES string of the molecule is Cc1cc2ccccc2cc1CCC(C)C. The van der Waals surface area contributed by atoms with E-state index >= 15 is 0 Å². The van der Waals surface area contributed by atoms with Gasteiger partial charge in [-0.05, 0) is 47.6 Å². The molecule has 0 unspecified atom stereocenters. The largest absolute Gasteiger partial charge is 0.0628 e. The summed E-state index contributed by atoms with van der Waals surface area (Å²) < 4.78 is 0. The van der Waals surface area contributed by atoms with E-state index in [2.05, 4.69) is 57.2 Å². The Morgan fingerprint density at radius 2 is 1.62 bits per heavy atom. The number of aryl methyl sites for hydroxylation is 2. The maximum Gasteiger partial charge on any atom is -0.0181 e. The fourth-order valence-corrected chi connectivity index (χ4v) is 2.11. The number of rotatable bonds is 3. The van der Waals surface area contributed by atoms with Gasteiger partial charge in [-0.25, -0.2) is 0 Å². The van der Waals surface area contributed by atoms with Crippen molar-refractivity contribution in [1.82, 2.24) is 0 Å². The van der Waals surface area contributed by atoms with Crippen molar-refractivity contribution >= 4 is 10.8 Å². The third-order valence-corrected chi connectivity index (χ3v) is 3.20. The molecule has 0 N–H and O–H groups in total. The summed E-state index contributed by atoms with van der Waals surface area (Å²) in [5, 5.41) is 2.72. The first-order valence-electron chi connectivity index (χ1n) is 6.15. The van der Waals surface area contributed by atoms with Gasteiger partial charge in [-0.3, -0.25) is 0 Å². The van der Waals surface area contributed by atoms with Crippen LogP contribution in [0.25, 0.3) is 10.8 Å². The molecule has 0 heterocycles. The topological polar surface area (TPSA) is 0 Å². The first kappa shape index (κ1) is 11.2. The lowest BCUT2D eigenvalue weighted by Crippen LogP contribution is -1.95. The first-order valence-corrected chi connectivity index (χ1v) is 6.15. The standard InChI is InChI=1S/C16H20/c1-12(2)8-9-14-11-16-7-5-4-6-15(16)10-13(14)3/h4-7,10-12H,8-9H2,1-3H3. The van der Waals surface area contributed by atoms with E-state index in [1.165, 1.54) is 34.7 Å². The zero-order valence-corrected chi connectivity index (χ0v) is 10.5. The van der Waals surface area contributed by atoms with E-state index in [9.17, 15) is 0 Å². The van der Waals surface area contributed by atoms with Crippen LogP contribution < -0.4 is 0 Å². The van der Waals surface area contributed by atoms with Crippen LogP contribution in [0.3, 0.4) is 0 Å². The summed E-state index contributed by atoms with van der Waals surface area (Å²) >= 11 is 0. The molecule has 0 aromatic heterocycles. The van der Waals surface area contributed by atoms with Gasteiger partial charge in [-0.1, -0.05) is 50.2 Å². The van der Waals surface area contributed by atoms with Crippen LogP contribution in [0.2, 0.25) is 0 Å². The van der Waals surface area contributed by atoms with Gasteiger partial charge in [-0.15, -0.1) is 0 Å². The molecule has 0 saturated carbocycles. The molecule has 0 amide bonds. The highest BCUT2D eigenvalue weighted by Gasteiger charge is 2.02. The normalized spacial score (nSPS) is 11.2. The smallest absolute Gasteiger partial charge is 0.0181 e. The van der Waals surface area contributed by atoms with Crippen LogP contribution >= 0.6 is 0 Å². The number of hydrogen-bond donors (Lipinski definition) is 0. The van der Waals surface area contributed by atoms with E-state index in [1.807, 2.05) is 0 Å². The maximum atomic E-state index is 2.35. The van der Waals surface area contributed by atoms with E-state index in [-0.39, 0.29) is 0 Å². The molecule has 0 atom stereocenters. The molecule has 2 aromatic rings. The molecule has 0 aliphatic rings. The Labute approximate surface area is 98.3 Å². The summed E-state index contributed by atoms with van der Waals surface area (Å²) in [5.74, 6) is 0.783. The molecule has 0 spiro atoms. The summed E-state index contributed by atoms with van der Waals surface area (Å²) in [5.41, 5.74) is 2.94. The lowest BCUT2D eigenvalue weighted by Gasteiger charge is -2.09. The van der Waals surface area contributed by atoms with Gasteiger partial charge >= 0.3 is 0 Å². The molecule has 0 saturated heterocycles. The minimum absolute atomic E-state index is 0.783. The Balaban J connectivity index is 2.34. The molecule has 0 bridgehead atoms. The Hall–Kier alpha value is -1.30. The van der Waals surface area contributed by atoms with Gasteiger partial charge < -0.3 is 0 Å². The molecule has 0 aliphatic heterocycles. The summed E-state index contributed by atoms with van der Waals surface area (Å²) in [6, 6.07) is 13.3. The Kier molecular flexibility index (Phi) is 3.28. The van der Waals surface area contributed by atoms with Crippen LogP contribution in [0, 0.1) is 12.8 Å². The predicted octanol–water partition coefficient (Wildman–Crippen LogP) is 4.74. The highest BCUT2D eigenvalue weighted by molar-refractivity contribution is 5.84. The molecule has 0 heteroatoms. The average molecular weight is 212 g/mol. The number of fused-ring (bicyclic) bond motifs is 1. The van der Waals surface area contributed by atoms with E-state index in [0.29, 0.717) is 0 Å². The third kappa shape index (κ3) is 2.44. The molecular formula is C16H20. The lowest BCUT2D eigenvalue weighted by molar-refractivity contribution is 0.586.